The molecular weight excluding hydrogens is 536 g/mol. The maximum atomic E-state index is 13.2. The highest BCUT2D eigenvalue weighted by Gasteiger charge is 2.16. The molecule has 3 aromatic rings. The molecule has 3 rings (SSSR count). The molecule has 9 heteroatoms. The summed E-state index contributed by atoms with van der Waals surface area (Å²) in [6, 6.07) is 10.7. The van der Waals surface area contributed by atoms with Gasteiger partial charge in [-0.1, -0.05) is 41.4 Å². The van der Waals surface area contributed by atoms with Gasteiger partial charge in [-0.15, -0.1) is 0 Å². The number of rotatable bonds is 6. The Labute approximate surface area is 195 Å². The number of nitriles is 1. The zero-order valence-electron chi connectivity index (χ0n) is 16.2. The van der Waals surface area contributed by atoms with Crippen molar-refractivity contribution in [2.24, 2.45) is 5.10 Å². The third-order valence-electron chi connectivity index (χ3n) is 4.51. The Morgan fingerprint density at radius 2 is 2.13 bits per heavy atom. The van der Waals surface area contributed by atoms with Gasteiger partial charge in [-0.05, 0) is 58.2 Å². The van der Waals surface area contributed by atoms with Gasteiger partial charge in [0.25, 0.3) is 5.56 Å². The van der Waals surface area contributed by atoms with E-state index in [9.17, 15) is 4.79 Å². The van der Waals surface area contributed by atoms with Gasteiger partial charge in [-0.2, -0.15) is 15.0 Å². The largest absolute Gasteiger partial charge is 0.476 e. The first-order chi connectivity index (χ1) is 14.3. The van der Waals surface area contributed by atoms with Crippen molar-refractivity contribution in [3.63, 3.8) is 0 Å². The van der Waals surface area contributed by atoms with E-state index >= 15 is 0 Å². The summed E-state index contributed by atoms with van der Waals surface area (Å²) in [5.74, 6) is 1.01. The highest BCUT2D eigenvalue weighted by molar-refractivity contribution is 9.10. The van der Waals surface area contributed by atoms with Gasteiger partial charge >= 0.3 is 0 Å². The molecule has 0 aliphatic carbocycles. The molecule has 6 nitrogen and oxygen atoms in total. The lowest BCUT2D eigenvalue weighted by molar-refractivity contribution is 0.366. The molecule has 0 amide bonds. The molecule has 0 bridgehead atoms. The number of halogens is 3. The van der Waals surface area contributed by atoms with Crippen molar-refractivity contribution >= 4 is 60.6 Å². The Bertz CT molecular complexity index is 1210. The van der Waals surface area contributed by atoms with E-state index in [-0.39, 0.29) is 18.1 Å². The predicted octanol–water partition coefficient (Wildman–Crippen LogP) is 5.87. The Kier molecular flexibility index (Phi) is 7.29. The number of nitrogens with zero attached hydrogens (tertiary/aromatic N) is 4. The summed E-state index contributed by atoms with van der Waals surface area (Å²) in [5, 5.41) is 13.9. The third kappa shape index (κ3) is 4.75. The Morgan fingerprint density at radius 1 is 1.37 bits per heavy atom. The van der Waals surface area contributed by atoms with Crippen molar-refractivity contribution in [1.29, 1.82) is 5.26 Å². The molecule has 0 N–H and O–H groups in total. The normalized spacial score (nSPS) is 12.3. The molecule has 1 atom stereocenters. The summed E-state index contributed by atoms with van der Waals surface area (Å²) in [5.41, 5.74) is 1.05. The molecule has 1 heterocycles. The minimum atomic E-state index is -0.244. The fourth-order valence-corrected chi connectivity index (χ4v) is 4.15. The van der Waals surface area contributed by atoms with Crippen LogP contribution in [0.5, 0.6) is 5.75 Å². The zero-order chi connectivity index (χ0) is 21.8. The molecule has 30 heavy (non-hydrogen) atoms. The minimum Gasteiger partial charge on any atom is -0.476 e. The van der Waals surface area contributed by atoms with Gasteiger partial charge in [0, 0.05) is 10.4 Å². The summed E-state index contributed by atoms with van der Waals surface area (Å²) in [6.07, 6.45) is 2.36. The van der Waals surface area contributed by atoms with Crippen molar-refractivity contribution < 1.29 is 4.74 Å². The van der Waals surface area contributed by atoms with Crippen molar-refractivity contribution in [3.8, 4) is 11.8 Å². The average molecular weight is 553 g/mol. The SMILES string of the molecule is CC[C@H](C)c1nc2ccc(Br)cc2c(=O)n1N=Cc1cc(Cl)c(OCC#N)c(Br)c1. The number of fused-ring (bicyclic) bond motifs is 1. The highest BCUT2D eigenvalue weighted by atomic mass is 79.9. The van der Waals surface area contributed by atoms with Crippen molar-refractivity contribution in [2.45, 2.75) is 26.2 Å². The molecule has 0 aliphatic rings. The lowest BCUT2D eigenvalue weighted by Gasteiger charge is -2.14. The number of benzene rings is 2. The summed E-state index contributed by atoms with van der Waals surface area (Å²) in [7, 11) is 0. The standard InChI is InChI=1S/C21H17Br2ClN4O2/c1-3-12(2)20-27-18-5-4-14(22)10-15(18)21(29)28(20)26-11-13-8-16(23)19(17(24)9-13)30-7-6-25/h4-5,8-12H,3,7H2,1-2H3/t12-/m0/s1. The third-order valence-corrected chi connectivity index (χ3v) is 5.87. The van der Waals surface area contributed by atoms with E-state index in [1.54, 1.807) is 24.4 Å². The van der Waals surface area contributed by atoms with Crippen LogP contribution in [-0.4, -0.2) is 22.5 Å². The number of ether oxygens (including phenoxy) is 1. The summed E-state index contributed by atoms with van der Waals surface area (Å²) in [6.45, 7) is 3.93. The maximum absolute atomic E-state index is 13.2. The first-order valence-electron chi connectivity index (χ1n) is 9.11. The zero-order valence-corrected chi connectivity index (χ0v) is 20.1. The summed E-state index contributed by atoms with van der Waals surface area (Å²) < 4.78 is 8.04. The molecule has 0 saturated heterocycles. The van der Waals surface area contributed by atoms with Crippen LogP contribution in [0.15, 0.2) is 49.2 Å². The van der Waals surface area contributed by atoms with Crippen LogP contribution < -0.4 is 10.3 Å². The molecule has 154 valence electrons. The van der Waals surface area contributed by atoms with Crippen LogP contribution in [0, 0.1) is 11.3 Å². The lowest BCUT2D eigenvalue weighted by Crippen LogP contribution is -2.23. The molecule has 1 aromatic heterocycles. The van der Waals surface area contributed by atoms with E-state index in [0.717, 1.165) is 10.9 Å². The van der Waals surface area contributed by atoms with Gasteiger partial charge in [0.1, 0.15) is 11.9 Å². The molecule has 0 radical (unpaired) electrons. The van der Waals surface area contributed by atoms with E-state index in [1.807, 2.05) is 32.0 Å². The van der Waals surface area contributed by atoms with Gasteiger partial charge in [0.15, 0.2) is 12.4 Å². The van der Waals surface area contributed by atoms with Crippen LogP contribution >= 0.6 is 43.5 Å². The number of hydrogen-bond donors (Lipinski definition) is 0. The van der Waals surface area contributed by atoms with Gasteiger partial charge in [0.05, 0.1) is 26.6 Å². The van der Waals surface area contributed by atoms with Crippen molar-refractivity contribution in [3.05, 3.63) is 66.0 Å². The molecule has 0 aliphatic heterocycles. The summed E-state index contributed by atoms with van der Waals surface area (Å²) in [4.78, 5) is 17.8. The second-order valence-corrected chi connectivity index (χ2v) is 8.74. The van der Waals surface area contributed by atoms with E-state index in [4.69, 9.17) is 21.6 Å². The van der Waals surface area contributed by atoms with E-state index in [0.29, 0.717) is 37.5 Å². The Hall–Kier alpha value is -2.21. The topological polar surface area (TPSA) is 80.3 Å². The van der Waals surface area contributed by atoms with Crippen molar-refractivity contribution in [1.82, 2.24) is 9.66 Å². The highest BCUT2D eigenvalue weighted by Crippen LogP contribution is 2.34. The average Bonchev–Trinajstić information content (AvgIpc) is 2.72. The molecule has 0 saturated carbocycles. The van der Waals surface area contributed by atoms with Gasteiger partial charge < -0.3 is 4.74 Å². The van der Waals surface area contributed by atoms with Crippen LogP contribution in [0.2, 0.25) is 5.02 Å². The Morgan fingerprint density at radius 3 is 2.80 bits per heavy atom. The van der Waals surface area contributed by atoms with Crippen LogP contribution in [0.25, 0.3) is 10.9 Å². The molecule has 0 unspecified atom stereocenters. The van der Waals surface area contributed by atoms with Crippen LogP contribution in [-0.2, 0) is 0 Å². The second-order valence-electron chi connectivity index (χ2n) is 6.56. The number of hydrogen-bond acceptors (Lipinski definition) is 5. The van der Waals surface area contributed by atoms with Crippen LogP contribution in [0.4, 0.5) is 0 Å². The quantitative estimate of drug-likeness (QED) is 0.358. The molecule has 0 spiro atoms. The van der Waals surface area contributed by atoms with E-state index in [2.05, 4.69) is 41.9 Å². The smallest absolute Gasteiger partial charge is 0.282 e. The first-order valence-corrected chi connectivity index (χ1v) is 11.1. The minimum absolute atomic E-state index is 0.0416. The first kappa shape index (κ1) is 22.5. The van der Waals surface area contributed by atoms with E-state index in [1.165, 1.54) is 4.68 Å². The predicted molar refractivity (Wildman–Crippen MR) is 126 cm³/mol. The number of aromatic nitrogens is 2. The fraction of sp³-hybridized carbons (Fsp3) is 0.238. The van der Waals surface area contributed by atoms with Crippen LogP contribution in [0.1, 0.15) is 37.6 Å². The van der Waals surface area contributed by atoms with E-state index < -0.39 is 0 Å². The Balaban J connectivity index is 2.10. The molecule has 0 fully saturated rings. The van der Waals surface area contributed by atoms with Crippen LogP contribution in [0.3, 0.4) is 0 Å². The summed E-state index contributed by atoms with van der Waals surface area (Å²) >= 11 is 13.1. The lowest BCUT2D eigenvalue weighted by atomic mass is 10.1. The maximum Gasteiger partial charge on any atom is 0.282 e. The molecule has 2 aromatic carbocycles. The van der Waals surface area contributed by atoms with Gasteiger partial charge in [0.2, 0.25) is 0 Å². The van der Waals surface area contributed by atoms with Crippen molar-refractivity contribution in [2.75, 3.05) is 6.61 Å². The molecular formula is C21H17Br2ClN4O2. The van der Waals surface area contributed by atoms with Gasteiger partial charge in [-0.25, -0.2) is 4.98 Å². The van der Waals surface area contributed by atoms with Gasteiger partial charge in [-0.3, -0.25) is 4.79 Å². The fourth-order valence-electron chi connectivity index (χ4n) is 2.80. The second kappa shape index (κ2) is 9.73. The monoisotopic (exact) mass is 550 g/mol.